The van der Waals surface area contributed by atoms with Crippen LogP contribution in [-0.2, 0) is 6.61 Å². The third-order valence-corrected chi connectivity index (χ3v) is 2.77. The normalized spacial score (nSPS) is 10.4. The third-order valence-electron chi connectivity index (χ3n) is 2.77. The Hall–Kier alpha value is -2.42. The summed E-state index contributed by atoms with van der Waals surface area (Å²) in [6.07, 6.45) is 5.25. The molecule has 0 spiro atoms. The van der Waals surface area contributed by atoms with Crippen molar-refractivity contribution in [3.8, 4) is 5.75 Å². The maximum absolute atomic E-state index is 5.71. The second kappa shape index (κ2) is 4.84. The molecule has 2 aromatic heterocycles. The molecule has 0 aliphatic carbocycles. The molecule has 0 bridgehead atoms. The summed E-state index contributed by atoms with van der Waals surface area (Å²) in [4.78, 5) is 8.35. The Morgan fingerprint density at radius 2 is 1.89 bits per heavy atom. The quantitative estimate of drug-likeness (QED) is 0.700. The van der Waals surface area contributed by atoms with Gasteiger partial charge < -0.3 is 4.74 Å². The number of benzene rings is 1. The molecule has 0 radical (unpaired) electrons. The molecule has 88 valence electrons. The SMILES string of the molecule is c1cncc(OCc2ccnc3ccccc23)c1. The van der Waals surface area contributed by atoms with Gasteiger partial charge in [0.15, 0.2) is 0 Å². The van der Waals surface area contributed by atoms with Gasteiger partial charge in [0.25, 0.3) is 0 Å². The van der Waals surface area contributed by atoms with E-state index in [0.717, 1.165) is 22.2 Å². The Morgan fingerprint density at radius 1 is 0.944 bits per heavy atom. The summed E-state index contributed by atoms with van der Waals surface area (Å²) in [6, 6.07) is 13.8. The van der Waals surface area contributed by atoms with Gasteiger partial charge in [-0.25, -0.2) is 0 Å². The standard InChI is InChI=1S/C15H12N2O/c1-2-6-15-14(5-1)12(7-9-17-15)11-18-13-4-3-8-16-10-13/h1-10H,11H2. The Labute approximate surface area is 105 Å². The number of hydrogen-bond acceptors (Lipinski definition) is 3. The molecule has 3 rings (SSSR count). The van der Waals surface area contributed by atoms with Crippen molar-refractivity contribution in [1.29, 1.82) is 0 Å². The predicted molar refractivity (Wildman–Crippen MR) is 70.3 cm³/mol. The fraction of sp³-hybridized carbons (Fsp3) is 0.0667. The number of pyridine rings is 2. The molecule has 0 aliphatic heterocycles. The average Bonchev–Trinajstić information content (AvgIpc) is 2.46. The second-order valence-corrected chi connectivity index (χ2v) is 3.96. The number of aromatic nitrogens is 2. The van der Waals surface area contributed by atoms with Crippen molar-refractivity contribution in [2.75, 3.05) is 0 Å². The lowest BCUT2D eigenvalue weighted by molar-refractivity contribution is 0.306. The summed E-state index contributed by atoms with van der Waals surface area (Å²) < 4.78 is 5.71. The monoisotopic (exact) mass is 236 g/mol. The molecule has 2 heterocycles. The van der Waals surface area contributed by atoms with Crippen molar-refractivity contribution >= 4 is 10.9 Å². The van der Waals surface area contributed by atoms with Crippen molar-refractivity contribution in [3.63, 3.8) is 0 Å². The summed E-state index contributed by atoms with van der Waals surface area (Å²) in [6.45, 7) is 0.523. The van der Waals surface area contributed by atoms with Gasteiger partial charge in [0.05, 0.1) is 11.7 Å². The van der Waals surface area contributed by atoms with Gasteiger partial charge in [-0.3, -0.25) is 9.97 Å². The van der Waals surface area contributed by atoms with E-state index in [1.54, 1.807) is 12.4 Å². The number of nitrogens with zero attached hydrogens (tertiary/aromatic N) is 2. The predicted octanol–water partition coefficient (Wildman–Crippen LogP) is 3.21. The summed E-state index contributed by atoms with van der Waals surface area (Å²) in [5, 5.41) is 1.13. The third kappa shape index (κ3) is 2.15. The molecule has 3 heteroatoms. The highest BCUT2D eigenvalue weighted by molar-refractivity contribution is 5.81. The van der Waals surface area contributed by atoms with Crippen molar-refractivity contribution in [2.45, 2.75) is 6.61 Å². The van der Waals surface area contributed by atoms with Crippen LogP contribution in [0.15, 0.2) is 61.1 Å². The van der Waals surface area contributed by atoms with Crippen LogP contribution >= 0.6 is 0 Å². The number of fused-ring (bicyclic) bond motifs is 1. The first-order chi connectivity index (χ1) is 8.93. The Kier molecular flexibility index (Phi) is 2.88. The van der Waals surface area contributed by atoms with Gasteiger partial charge in [-0.15, -0.1) is 0 Å². The minimum Gasteiger partial charge on any atom is -0.487 e. The first-order valence-corrected chi connectivity index (χ1v) is 5.79. The van der Waals surface area contributed by atoms with Crippen LogP contribution in [0.3, 0.4) is 0 Å². The van der Waals surface area contributed by atoms with Crippen LogP contribution in [0.4, 0.5) is 0 Å². The van der Waals surface area contributed by atoms with E-state index in [4.69, 9.17) is 4.74 Å². The van der Waals surface area contributed by atoms with Crippen molar-refractivity contribution in [3.05, 3.63) is 66.6 Å². The summed E-state index contributed by atoms with van der Waals surface area (Å²) in [5.74, 6) is 0.776. The molecule has 0 unspecified atom stereocenters. The summed E-state index contributed by atoms with van der Waals surface area (Å²) >= 11 is 0. The van der Waals surface area contributed by atoms with Crippen LogP contribution in [-0.4, -0.2) is 9.97 Å². The molecule has 0 amide bonds. The summed E-state index contributed by atoms with van der Waals surface area (Å²) in [7, 11) is 0. The smallest absolute Gasteiger partial charge is 0.138 e. The zero-order chi connectivity index (χ0) is 12.2. The Morgan fingerprint density at radius 3 is 2.78 bits per heavy atom. The molecule has 0 aliphatic rings. The van der Waals surface area contributed by atoms with Gasteiger partial charge in [0, 0.05) is 23.3 Å². The van der Waals surface area contributed by atoms with E-state index in [2.05, 4.69) is 16.0 Å². The summed E-state index contributed by atoms with van der Waals surface area (Å²) in [5.41, 5.74) is 2.12. The van der Waals surface area contributed by atoms with Crippen LogP contribution in [0.25, 0.3) is 10.9 Å². The van der Waals surface area contributed by atoms with E-state index in [9.17, 15) is 0 Å². The van der Waals surface area contributed by atoms with Gasteiger partial charge in [-0.05, 0) is 24.3 Å². The molecule has 0 N–H and O–H groups in total. The van der Waals surface area contributed by atoms with E-state index >= 15 is 0 Å². The van der Waals surface area contributed by atoms with E-state index < -0.39 is 0 Å². The van der Waals surface area contributed by atoms with Gasteiger partial charge in [-0.2, -0.15) is 0 Å². The van der Waals surface area contributed by atoms with Gasteiger partial charge in [0.2, 0.25) is 0 Å². The molecule has 3 aromatic rings. The van der Waals surface area contributed by atoms with Crippen LogP contribution in [0.2, 0.25) is 0 Å². The molecular formula is C15H12N2O. The van der Waals surface area contributed by atoms with E-state index in [0.29, 0.717) is 6.61 Å². The van der Waals surface area contributed by atoms with E-state index in [-0.39, 0.29) is 0 Å². The van der Waals surface area contributed by atoms with Crippen LogP contribution < -0.4 is 4.74 Å². The highest BCUT2D eigenvalue weighted by Crippen LogP contribution is 2.18. The topological polar surface area (TPSA) is 35.0 Å². The fourth-order valence-corrected chi connectivity index (χ4v) is 1.87. The lowest BCUT2D eigenvalue weighted by Crippen LogP contribution is -1.97. The largest absolute Gasteiger partial charge is 0.487 e. The maximum Gasteiger partial charge on any atom is 0.138 e. The van der Waals surface area contributed by atoms with E-state index in [1.165, 1.54) is 0 Å². The lowest BCUT2D eigenvalue weighted by atomic mass is 10.1. The number of ether oxygens (including phenoxy) is 1. The van der Waals surface area contributed by atoms with E-state index in [1.807, 2.05) is 42.6 Å². The number of rotatable bonds is 3. The molecule has 0 fully saturated rings. The second-order valence-electron chi connectivity index (χ2n) is 3.96. The lowest BCUT2D eigenvalue weighted by Gasteiger charge is -2.08. The molecular weight excluding hydrogens is 224 g/mol. The van der Waals surface area contributed by atoms with Crippen molar-refractivity contribution in [2.24, 2.45) is 0 Å². The zero-order valence-electron chi connectivity index (χ0n) is 9.78. The highest BCUT2D eigenvalue weighted by atomic mass is 16.5. The zero-order valence-corrected chi connectivity index (χ0v) is 9.78. The molecule has 0 atom stereocenters. The van der Waals surface area contributed by atoms with Crippen molar-refractivity contribution in [1.82, 2.24) is 9.97 Å². The van der Waals surface area contributed by atoms with Crippen LogP contribution in [0, 0.1) is 0 Å². The minimum absolute atomic E-state index is 0.523. The number of para-hydroxylation sites is 1. The Bertz CT molecular complexity index is 647. The molecule has 0 saturated heterocycles. The van der Waals surface area contributed by atoms with Gasteiger partial charge in [-0.1, -0.05) is 18.2 Å². The maximum atomic E-state index is 5.71. The van der Waals surface area contributed by atoms with Gasteiger partial charge in [0.1, 0.15) is 12.4 Å². The van der Waals surface area contributed by atoms with Crippen molar-refractivity contribution < 1.29 is 4.74 Å². The number of hydrogen-bond donors (Lipinski definition) is 0. The van der Waals surface area contributed by atoms with Crippen LogP contribution in [0.1, 0.15) is 5.56 Å². The average molecular weight is 236 g/mol. The first-order valence-electron chi connectivity index (χ1n) is 5.79. The fourth-order valence-electron chi connectivity index (χ4n) is 1.87. The Balaban J connectivity index is 1.87. The minimum atomic E-state index is 0.523. The van der Waals surface area contributed by atoms with Gasteiger partial charge >= 0.3 is 0 Å². The molecule has 1 aromatic carbocycles. The molecule has 3 nitrogen and oxygen atoms in total. The molecule has 0 saturated carbocycles. The highest BCUT2D eigenvalue weighted by Gasteiger charge is 2.02. The molecule has 18 heavy (non-hydrogen) atoms. The van der Waals surface area contributed by atoms with Crippen LogP contribution in [0.5, 0.6) is 5.75 Å². The first kappa shape index (κ1) is 10.7.